The highest BCUT2D eigenvalue weighted by atomic mass is 15.1. The molecule has 17 heavy (non-hydrogen) atoms. The van der Waals surface area contributed by atoms with Gasteiger partial charge in [0.05, 0.1) is 5.41 Å². The Hall–Kier alpha value is -1.37. The molecule has 1 unspecified atom stereocenters. The first-order chi connectivity index (χ1) is 7.96. The summed E-state index contributed by atoms with van der Waals surface area (Å²) in [5.74, 6) is 0. The van der Waals surface area contributed by atoms with Crippen molar-refractivity contribution >= 4 is 11.4 Å². The number of fused-ring (bicyclic) bond motifs is 2. The topological polar surface area (TPSA) is 3.01 Å². The average molecular weight is 226 g/mol. The van der Waals surface area contributed by atoms with Crippen molar-refractivity contribution in [1.82, 2.24) is 0 Å². The third-order valence-corrected chi connectivity index (χ3v) is 4.63. The molecule has 0 fully saturated rings. The molecule has 0 saturated heterocycles. The summed E-state index contributed by atoms with van der Waals surface area (Å²) in [7, 11) is 0. The van der Waals surface area contributed by atoms with Crippen LogP contribution in [0.3, 0.4) is 0 Å². The van der Waals surface area contributed by atoms with Crippen LogP contribution in [-0.4, -0.2) is 16.3 Å². The van der Waals surface area contributed by atoms with Crippen molar-refractivity contribution in [2.75, 3.05) is 0 Å². The van der Waals surface area contributed by atoms with E-state index in [4.69, 9.17) is 0 Å². The highest BCUT2D eigenvalue weighted by Gasteiger charge is 2.51. The lowest BCUT2D eigenvalue weighted by atomic mass is 9.78. The second-order valence-electron chi connectivity index (χ2n) is 5.84. The summed E-state index contributed by atoms with van der Waals surface area (Å²) in [5.41, 5.74) is 7.52. The minimum absolute atomic E-state index is 0.146. The maximum absolute atomic E-state index is 2.53. The molecule has 3 rings (SSSR count). The number of allylic oxidation sites excluding steroid dienone is 1. The van der Waals surface area contributed by atoms with Crippen LogP contribution in [0.1, 0.15) is 40.2 Å². The van der Waals surface area contributed by atoms with E-state index in [1.807, 2.05) is 0 Å². The second-order valence-corrected chi connectivity index (χ2v) is 5.84. The summed E-state index contributed by atoms with van der Waals surface area (Å²) in [4.78, 5) is 0. The number of benzene rings is 1. The first-order valence-electron chi connectivity index (χ1n) is 6.40. The van der Waals surface area contributed by atoms with Crippen molar-refractivity contribution in [1.29, 1.82) is 0 Å². The van der Waals surface area contributed by atoms with Gasteiger partial charge >= 0.3 is 0 Å². The van der Waals surface area contributed by atoms with Crippen LogP contribution < -0.4 is 0 Å². The van der Waals surface area contributed by atoms with E-state index in [1.54, 1.807) is 0 Å². The van der Waals surface area contributed by atoms with Gasteiger partial charge in [0, 0.05) is 29.7 Å². The number of rotatable bonds is 0. The van der Waals surface area contributed by atoms with E-state index in [9.17, 15) is 0 Å². The molecule has 2 aliphatic rings. The van der Waals surface area contributed by atoms with Gasteiger partial charge in [-0.1, -0.05) is 18.2 Å². The molecule has 0 saturated carbocycles. The zero-order valence-electron chi connectivity index (χ0n) is 11.3. The number of hydrogen-bond acceptors (Lipinski definition) is 0. The molecule has 0 aliphatic carbocycles. The Bertz CT molecular complexity index is 573. The molecule has 0 spiro atoms. The largest absolute Gasteiger partial charge is 0.210 e. The molecule has 1 aromatic rings. The maximum atomic E-state index is 2.53. The lowest BCUT2D eigenvalue weighted by Crippen LogP contribution is -2.28. The minimum atomic E-state index is 0.146. The fraction of sp³-hybridized carbons (Fsp3) is 0.438. The second kappa shape index (κ2) is 3.10. The molecular weight excluding hydrogens is 206 g/mol. The van der Waals surface area contributed by atoms with E-state index in [2.05, 4.69) is 63.5 Å². The van der Waals surface area contributed by atoms with Gasteiger partial charge in [0.25, 0.3) is 0 Å². The van der Waals surface area contributed by atoms with Crippen molar-refractivity contribution in [3.05, 3.63) is 41.0 Å². The fourth-order valence-electron chi connectivity index (χ4n) is 3.51. The van der Waals surface area contributed by atoms with Crippen molar-refractivity contribution < 1.29 is 4.58 Å². The average Bonchev–Trinajstić information content (AvgIpc) is 2.68. The summed E-state index contributed by atoms with van der Waals surface area (Å²) in [5, 5.41) is 0. The quantitative estimate of drug-likeness (QED) is 0.592. The lowest BCUT2D eigenvalue weighted by Gasteiger charge is -2.17. The Kier molecular flexibility index (Phi) is 1.96. The molecule has 0 amide bonds. The van der Waals surface area contributed by atoms with Gasteiger partial charge in [-0.25, -0.2) is 0 Å². The molecule has 88 valence electrons. The van der Waals surface area contributed by atoms with E-state index in [1.165, 1.54) is 28.1 Å². The summed E-state index contributed by atoms with van der Waals surface area (Å²) >= 11 is 0. The normalized spacial score (nSPS) is 25.4. The molecule has 1 nitrogen and oxygen atoms in total. The number of para-hydroxylation sites is 1. The van der Waals surface area contributed by atoms with Crippen molar-refractivity contribution in [2.24, 2.45) is 0 Å². The SMILES string of the molecule is CC1=C(C)C(C)[N+]2=C1C(C)(C)c1ccccc12. The third kappa shape index (κ3) is 1.12. The Balaban J connectivity index is 2.33. The van der Waals surface area contributed by atoms with E-state index in [0.29, 0.717) is 6.04 Å². The van der Waals surface area contributed by atoms with Gasteiger partial charge in [0.15, 0.2) is 11.8 Å². The molecule has 0 bridgehead atoms. The minimum Gasteiger partial charge on any atom is -0.188 e. The van der Waals surface area contributed by atoms with Gasteiger partial charge in [-0.15, -0.1) is 0 Å². The molecule has 2 heterocycles. The molecule has 0 aromatic heterocycles. The number of nitrogens with zero attached hydrogens (tertiary/aromatic N) is 1. The van der Waals surface area contributed by atoms with Crippen LogP contribution >= 0.6 is 0 Å². The van der Waals surface area contributed by atoms with E-state index < -0.39 is 0 Å². The molecule has 1 atom stereocenters. The Morgan fingerprint density at radius 3 is 2.47 bits per heavy atom. The summed E-state index contributed by atoms with van der Waals surface area (Å²) < 4.78 is 2.53. The van der Waals surface area contributed by atoms with Gasteiger partial charge in [0.1, 0.15) is 0 Å². The number of hydrogen-bond donors (Lipinski definition) is 0. The molecule has 0 N–H and O–H groups in total. The lowest BCUT2D eigenvalue weighted by molar-refractivity contribution is -0.462. The van der Waals surface area contributed by atoms with E-state index in [0.717, 1.165) is 0 Å². The van der Waals surface area contributed by atoms with Gasteiger partial charge < -0.3 is 0 Å². The van der Waals surface area contributed by atoms with Gasteiger partial charge in [0.2, 0.25) is 5.69 Å². The smallest absolute Gasteiger partial charge is 0.188 e. The van der Waals surface area contributed by atoms with Crippen LogP contribution in [-0.2, 0) is 5.41 Å². The van der Waals surface area contributed by atoms with Crippen LogP contribution in [0.4, 0.5) is 5.69 Å². The molecule has 1 aromatic carbocycles. The zero-order chi connectivity index (χ0) is 12.4. The summed E-state index contributed by atoms with van der Waals surface area (Å²) in [6.07, 6.45) is 0. The molecule has 1 heteroatoms. The Labute approximate surface area is 103 Å². The summed E-state index contributed by atoms with van der Waals surface area (Å²) in [6.45, 7) is 11.5. The first kappa shape index (κ1) is 10.8. The van der Waals surface area contributed by atoms with Gasteiger partial charge in [-0.3, -0.25) is 0 Å². The van der Waals surface area contributed by atoms with Crippen LogP contribution in [0.25, 0.3) is 0 Å². The summed E-state index contributed by atoms with van der Waals surface area (Å²) in [6, 6.07) is 9.34. The Morgan fingerprint density at radius 2 is 1.76 bits per heavy atom. The van der Waals surface area contributed by atoms with Crippen molar-refractivity contribution in [3.8, 4) is 0 Å². The van der Waals surface area contributed by atoms with E-state index >= 15 is 0 Å². The predicted octanol–water partition coefficient (Wildman–Crippen LogP) is 3.80. The van der Waals surface area contributed by atoms with Gasteiger partial charge in [-0.2, -0.15) is 4.58 Å². The molecule has 2 aliphatic heterocycles. The standard InChI is InChI=1S/C16H20N/c1-10-11(2)15-16(4,5)13-8-6-7-9-14(13)17(15)12(10)3/h6-9,12H,1-5H3/q+1. The van der Waals surface area contributed by atoms with Crippen LogP contribution in [0.15, 0.2) is 35.4 Å². The van der Waals surface area contributed by atoms with Crippen LogP contribution in [0, 0.1) is 0 Å². The maximum Gasteiger partial charge on any atom is 0.210 e. The van der Waals surface area contributed by atoms with E-state index in [-0.39, 0.29) is 5.41 Å². The highest BCUT2D eigenvalue weighted by molar-refractivity contribution is 6.08. The molecule has 0 radical (unpaired) electrons. The molecular formula is C16H20N+. The Morgan fingerprint density at radius 1 is 1.12 bits per heavy atom. The predicted molar refractivity (Wildman–Crippen MR) is 72.2 cm³/mol. The van der Waals surface area contributed by atoms with Crippen molar-refractivity contribution in [3.63, 3.8) is 0 Å². The highest BCUT2D eigenvalue weighted by Crippen LogP contribution is 2.46. The monoisotopic (exact) mass is 226 g/mol. The van der Waals surface area contributed by atoms with Crippen molar-refractivity contribution in [2.45, 2.75) is 46.1 Å². The van der Waals surface area contributed by atoms with Crippen LogP contribution in [0.2, 0.25) is 0 Å². The zero-order valence-corrected chi connectivity index (χ0v) is 11.3. The van der Waals surface area contributed by atoms with Crippen LogP contribution in [0.5, 0.6) is 0 Å². The van der Waals surface area contributed by atoms with Gasteiger partial charge in [-0.05, 0) is 27.7 Å². The third-order valence-electron chi connectivity index (χ3n) is 4.63. The first-order valence-corrected chi connectivity index (χ1v) is 6.40. The fourth-order valence-corrected chi connectivity index (χ4v) is 3.51.